The summed E-state index contributed by atoms with van der Waals surface area (Å²) >= 11 is 1.56. The van der Waals surface area contributed by atoms with E-state index in [1.54, 1.807) is 11.3 Å². The minimum Gasteiger partial charge on any atom is -0.338 e. The first kappa shape index (κ1) is 19.1. The molecule has 0 aliphatic carbocycles. The number of rotatable bonds is 6. The van der Waals surface area contributed by atoms with E-state index >= 15 is 0 Å². The Hall–Kier alpha value is -3.19. The second-order valence-corrected chi connectivity index (χ2v) is 7.79. The number of carbonyl (C=O) groups excluding carboxylic acids is 1. The topological polar surface area (TPSA) is 71.8 Å². The summed E-state index contributed by atoms with van der Waals surface area (Å²) in [6.07, 6.45) is 0.678. The molecule has 2 amide bonds. The molecule has 0 aliphatic rings. The molecule has 0 bridgehead atoms. The van der Waals surface area contributed by atoms with Crippen LogP contribution < -0.4 is 10.6 Å². The number of hydrogen-bond donors (Lipinski definition) is 2. The standard InChI is InChI=1S/C22H23N5OS/c1-15-12-16(2)27(26-15)22-25-19(14-29-22)10-11-23-21(28)24-13-18-8-5-7-17-6-3-4-9-20(17)18/h3-9,12,14H,10-11,13H2,1-2H3,(H2,23,24,28). The van der Waals surface area contributed by atoms with Crippen LogP contribution in [0.1, 0.15) is 22.6 Å². The molecular formula is C22H23N5OS. The molecule has 148 valence electrons. The van der Waals surface area contributed by atoms with Gasteiger partial charge in [0.2, 0.25) is 5.13 Å². The summed E-state index contributed by atoms with van der Waals surface area (Å²) < 4.78 is 1.85. The molecule has 2 aromatic heterocycles. The third-order valence-corrected chi connectivity index (χ3v) is 5.58. The van der Waals surface area contributed by atoms with Crippen molar-refractivity contribution in [2.45, 2.75) is 26.8 Å². The van der Waals surface area contributed by atoms with Crippen LogP contribution in [0.15, 0.2) is 53.9 Å². The molecule has 0 saturated carbocycles. The van der Waals surface area contributed by atoms with Gasteiger partial charge in [0.15, 0.2) is 0 Å². The van der Waals surface area contributed by atoms with Gasteiger partial charge in [0.25, 0.3) is 0 Å². The Morgan fingerprint density at radius 2 is 1.93 bits per heavy atom. The largest absolute Gasteiger partial charge is 0.338 e. The maximum Gasteiger partial charge on any atom is 0.315 e. The average molecular weight is 406 g/mol. The van der Waals surface area contributed by atoms with Crippen LogP contribution in [0.2, 0.25) is 0 Å². The van der Waals surface area contributed by atoms with Crippen molar-refractivity contribution < 1.29 is 4.79 Å². The fraction of sp³-hybridized carbons (Fsp3) is 0.227. The second-order valence-electron chi connectivity index (χ2n) is 6.96. The number of benzene rings is 2. The summed E-state index contributed by atoms with van der Waals surface area (Å²) in [7, 11) is 0. The average Bonchev–Trinajstić information content (AvgIpc) is 3.32. The Labute approximate surface area is 173 Å². The van der Waals surface area contributed by atoms with Crippen molar-refractivity contribution in [3.05, 3.63) is 76.6 Å². The summed E-state index contributed by atoms with van der Waals surface area (Å²) in [6, 6.07) is 16.2. The fourth-order valence-corrected chi connectivity index (χ4v) is 4.19. The SMILES string of the molecule is Cc1cc(C)n(-c2nc(CCNC(=O)NCc3cccc4ccccc34)cs2)n1. The molecule has 0 aliphatic heterocycles. The van der Waals surface area contributed by atoms with Gasteiger partial charge in [0.05, 0.1) is 11.4 Å². The van der Waals surface area contributed by atoms with E-state index in [1.807, 2.05) is 54.2 Å². The molecule has 4 rings (SSSR count). The molecule has 2 N–H and O–H groups in total. The van der Waals surface area contributed by atoms with E-state index in [4.69, 9.17) is 0 Å². The van der Waals surface area contributed by atoms with Crippen molar-refractivity contribution in [3.63, 3.8) is 0 Å². The molecular weight excluding hydrogens is 382 g/mol. The molecule has 29 heavy (non-hydrogen) atoms. The molecule has 0 fully saturated rings. The van der Waals surface area contributed by atoms with Crippen LogP contribution >= 0.6 is 11.3 Å². The Morgan fingerprint density at radius 1 is 1.10 bits per heavy atom. The number of nitrogens with zero attached hydrogens (tertiary/aromatic N) is 3. The van der Waals surface area contributed by atoms with Gasteiger partial charge in [-0.1, -0.05) is 42.5 Å². The summed E-state index contributed by atoms with van der Waals surface area (Å²) in [5.41, 5.74) is 4.09. The van der Waals surface area contributed by atoms with E-state index in [9.17, 15) is 4.79 Å². The molecule has 2 heterocycles. The number of thiazole rings is 1. The van der Waals surface area contributed by atoms with E-state index < -0.39 is 0 Å². The van der Waals surface area contributed by atoms with Gasteiger partial charge < -0.3 is 10.6 Å². The molecule has 0 spiro atoms. The highest BCUT2D eigenvalue weighted by Crippen LogP contribution is 2.18. The molecule has 2 aromatic carbocycles. The van der Waals surface area contributed by atoms with Gasteiger partial charge in [0, 0.05) is 30.6 Å². The Balaban J connectivity index is 1.28. The zero-order valence-corrected chi connectivity index (χ0v) is 17.3. The highest BCUT2D eigenvalue weighted by Gasteiger charge is 2.09. The zero-order chi connectivity index (χ0) is 20.2. The number of nitrogens with one attached hydrogen (secondary N) is 2. The van der Waals surface area contributed by atoms with E-state index in [0.29, 0.717) is 19.5 Å². The lowest BCUT2D eigenvalue weighted by molar-refractivity contribution is 0.240. The highest BCUT2D eigenvalue weighted by molar-refractivity contribution is 7.12. The van der Waals surface area contributed by atoms with Gasteiger partial charge in [-0.2, -0.15) is 5.10 Å². The number of carbonyl (C=O) groups is 1. The van der Waals surface area contributed by atoms with Crippen molar-refractivity contribution in [3.8, 4) is 5.13 Å². The second kappa shape index (κ2) is 8.45. The fourth-order valence-electron chi connectivity index (χ4n) is 3.32. The monoisotopic (exact) mass is 405 g/mol. The first-order chi connectivity index (χ1) is 14.1. The normalized spacial score (nSPS) is 11.0. The van der Waals surface area contributed by atoms with Crippen LogP contribution in [-0.2, 0) is 13.0 Å². The third-order valence-electron chi connectivity index (χ3n) is 4.72. The Morgan fingerprint density at radius 3 is 2.76 bits per heavy atom. The summed E-state index contributed by atoms with van der Waals surface area (Å²) in [6.45, 7) is 5.01. The van der Waals surface area contributed by atoms with Gasteiger partial charge in [-0.05, 0) is 36.2 Å². The van der Waals surface area contributed by atoms with Crippen LogP contribution in [-0.4, -0.2) is 27.3 Å². The molecule has 4 aromatic rings. The quantitative estimate of drug-likeness (QED) is 0.506. The Bertz CT molecular complexity index is 1140. The predicted octanol–water partition coefficient (Wildman–Crippen LogP) is 4.14. The Kier molecular flexibility index (Phi) is 5.57. The highest BCUT2D eigenvalue weighted by atomic mass is 32.1. The molecule has 0 saturated heterocycles. The lowest BCUT2D eigenvalue weighted by atomic mass is 10.0. The van der Waals surface area contributed by atoms with Crippen LogP contribution in [0.25, 0.3) is 15.9 Å². The van der Waals surface area contributed by atoms with E-state index in [2.05, 4.69) is 38.9 Å². The zero-order valence-electron chi connectivity index (χ0n) is 16.5. The minimum absolute atomic E-state index is 0.174. The maximum absolute atomic E-state index is 12.2. The van der Waals surface area contributed by atoms with Gasteiger partial charge >= 0.3 is 6.03 Å². The summed E-state index contributed by atoms with van der Waals surface area (Å²) in [4.78, 5) is 16.8. The summed E-state index contributed by atoms with van der Waals surface area (Å²) in [5, 5.41) is 15.5. The van der Waals surface area contributed by atoms with E-state index in [0.717, 1.165) is 33.2 Å². The van der Waals surface area contributed by atoms with Crippen molar-refractivity contribution in [2.75, 3.05) is 6.54 Å². The van der Waals surface area contributed by atoms with Crippen molar-refractivity contribution in [1.82, 2.24) is 25.4 Å². The number of aromatic nitrogens is 3. The number of hydrogen-bond acceptors (Lipinski definition) is 4. The van der Waals surface area contributed by atoms with Crippen molar-refractivity contribution in [2.24, 2.45) is 0 Å². The van der Waals surface area contributed by atoms with Gasteiger partial charge in [0.1, 0.15) is 0 Å². The van der Waals surface area contributed by atoms with Crippen LogP contribution in [0.3, 0.4) is 0 Å². The summed E-state index contributed by atoms with van der Waals surface area (Å²) in [5.74, 6) is 0. The maximum atomic E-state index is 12.2. The van der Waals surface area contributed by atoms with Crippen molar-refractivity contribution >= 4 is 28.1 Å². The van der Waals surface area contributed by atoms with Gasteiger partial charge in [-0.25, -0.2) is 14.5 Å². The molecule has 6 nitrogen and oxygen atoms in total. The first-order valence-electron chi connectivity index (χ1n) is 9.56. The molecule has 0 unspecified atom stereocenters. The van der Waals surface area contributed by atoms with Crippen LogP contribution in [0.4, 0.5) is 4.79 Å². The first-order valence-corrected chi connectivity index (χ1v) is 10.4. The van der Waals surface area contributed by atoms with E-state index in [-0.39, 0.29) is 6.03 Å². The molecule has 0 radical (unpaired) electrons. The van der Waals surface area contributed by atoms with Gasteiger partial charge in [-0.15, -0.1) is 11.3 Å². The number of urea groups is 1. The number of fused-ring (bicyclic) bond motifs is 1. The smallest absolute Gasteiger partial charge is 0.315 e. The van der Waals surface area contributed by atoms with Gasteiger partial charge in [-0.3, -0.25) is 0 Å². The number of amides is 2. The van der Waals surface area contributed by atoms with Crippen LogP contribution in [0, 0.1) is 13.8 Å². The molecule has 7 heteroatoms. The van der Waals surface area contributed by atoms with Crippen molar-refractivity contribution in [1.29, 1.82) is 0 Å². The lowest BCUT2D eigenvalue weighted by Crippen LogP contribution is -2.36. The third kappa shape index (κ3) is 4.46. The predicted molar refractivity (Wildman–Crippen MR) is 117 cm³/mol. The lowest BCUT2D eigenvalue weighted by Gasteiger charge is -2.09. The van der Waals surface area contributed by atoms with E-state index in [1.165, 1.54) is 5.39 Å². The minimum atomic E-state index is -0.174. The van der Waals surface area contributed by atoms with Crippen LogP contribution in [0.5, 0.6) is 0 Å². The number of aryl methyl sites for hydroxylation is 2. The molecule has 0 atom stereocenters.